The molecule has 0 radical (unpaired) electrons. The lowest BCUT2D eigenvalue weighted by Gasteiger charge is -2.11. The Morgan fingerprint density at radius 3 is 2.52 bits per heavy atom. The first kappa shape index (κ1) is 17.0. The Labute approximate surface area is 146 Å². The van der Waals surface area contributed by atoms with Crippen molar-refractivity contribution in [3.63, 3.8) is 0 Å². The minimum absolute atomic E-state index is 0.134. The van der Waals surface area contributed by atoms with E-state index in [4.69, 9.17) is 4.74 Å². The molecule has 2 heterocycles. The quantitative estimate of drug-likeness (QED) is 0.686. The van der Waals surface area contributed by atoms with Crippen molar-refractivity contribution in [2.45, 2.75) is 20.3 Å². The van der Waals surface area contributed by atoms with E-state index >= 15 is 0 Å². The fourth-order valence-corrected chi connectivity index (χ4v) is 3.26. The van der Waals surface area contributed by atoms with Gasteiger partial charge in [0, 0.05) is 31.2 Å². The lowest BCUT2D eigenvalue weighted by atomic mass is 9.97. The third kappa shape index (κ3) is 2.76. The molecule has 0 bridgehead atoms. The summed E-state index contributed by atoms with van der Waals surface area (Å²) in [6, 6.07) is 9.89. The van der Waals surface area contributed by atoms with E-state index in [9.17, 15) is 9.59 Å². The molecular formula is C20H22N2O3. The monoisotopic (exact) mass is 338 g/mol. The van der Waals surface area contributed by atoms with Crippen molar-refractivity contribution in [3.8, 4) is 11.1 Å². The topological polar surface area (TPSA) is 53.2 Å². The molecule has 5 heteroatoms. The summed E-state index contributed by atoms with van der Waals surface area (Å²) in [5.74, 6) is -0.419. The van der Waals surface area contributed by atoms with E-state index in [-0.39, 0.29) is 5.56 Å². The summed E-state index contributed by atoms with van der Waals surface area (Å²) < 4.78 is 8.33. The highest BCUT2D eigenvalue weighted by Gasteiger charge is 2.20. The van der Waals surface area contributed by atoms with E-state index < -0.39 is 5.97 Å². The van der Waals surface area contributed by atoms with Crippen molar-refractivity contribution in [2.75, 3.05) is 6.61 Å². The van der Waals surface area contributed by atoms with Crippen LogP contribution in [0, 0.1) is 0 Å². The smallest absolute Gasteiger partial charge is 0.354 e. The normalized spacial score (nSPS) is 11.0. The van der Waals surface area contributed by atoms with Gasteiger partial charge in [0.2, 0.25) is 0 Å². The molecular weight excluding hydrogens is 316 g/mol. The highest BCUT2D eigenvalue weighted by atomic mass is 16.5. The van der Waals surface area contributed by atoms with Crippen LogP contribution in [0.5, 0.6) is 0 Å². The zero-order chi connectivity index (χ0) is 18.1. The van der Waals surface area contributed by atoms with Crippen LogP contribution in [0.2, 0.25) is 0 Å². The van der Waals surface area contributed by atoms with Crippen molar-refractivity contribution < 1.29 is 9.53 Å². The third-order valence-corrected chi connectivity index (χ3v) is 4.54. The number of carbonyl (C=O) groups excluding carboxylic acids is 1. The van der Waals surface area contributed by atoms with Crippen LogP contribution in [0.15, 0.2) is 41.3 Å². The average Bonchev–Trinajstić information content (AvgIpc) is 2.96. The number of carbonyl (C=O) groups is 1. The SMILES string of the molecule is CCOC(=O)c1cc2c(-c3ccccc3CC)cn(C)c(=O)c2n1C. The second-order valence-electron chi connectivity index (χ2n) is 6.04. The average molecular weight is 338 g/mol. The first-order chi connectivity index (χ1) is 12.0. The molecule has 130 valence electrons. The molecule has 0 atom stereocenters. The molecule has 0 fully saturated rings. The van der Waals surface area contributed by atoms with Crippen LogP contribution in [0.3, 0.4) is 0 Å². The highest BCUT2D eigenvalue weighted by Crippen LogP contribution is 2.31. The number of aryl methyl sites for hydroxylation is 3. The molecule has 0 amide bonds. The van der Waals surface area contributed by atoms with Gasteiger partial charge in [-0.05, 0) is 30.5 Å². The van der Waals surface area contributed by atoms with Gasteiger partial charge in [0.15, 0.2) is 0 Å². The molecule has 0 aliphatic rings. The van der Waals surface area contributed by atoms with Crippen LogP contribution >= 0.6 is 0 Å². The molecule has 0 saturated heterocycles. The van der Waals surface area contributed by atoms with Crippen LogP contribution in [0.1, 0.15) is 29.9 Å². The maximum Gasteiger partial charge on any atom is 0.354 e. The van der Waals surface area contributed by atoms with Crippen LogP contribution in [-0.2, 0) is 25.3 Å². The zero-order valence-electron chi connectivity index (χ0n) is 15.0. The lowest BCUT2D eigenvalue weighted by Crippen LogP contribution is -2.19. The number of ether oxygens (including phenoxy) is 1. The Kier molecular flexibility index (Phi) is 4.49. The molecule has 0 aliphatic heterocycles. The predicted octanol–water partition coefficient (Wildman–Crippen LogP) is 3.28. The molecule has 3 aromatic rings. The number of hydrogen-bond acceptors (Lipinski definition) is 3. The third-order valence-electron chi connectivity index (χ3n) is 4.54. The summed E-state index contributed by atoms with van der Waals surface area (Å²) in [6.07, 6.45) is 2.73. The summed E-state index contributed by atoms with van der Waals surface area (Å²) in [5, 5.41) is 0.773. The zero-order valence-corrected chi connectivity index (χ0v) is 15.0. The molecule has 25 heavy (non-hydrogen) atoms. The van der Waals surface area contributed by atoms with Gasteiger partial charge in [-0.25, -0.2) is 4.79 Å². The summed E-state index contributed by atoms with van der Waals surface area (Å²) in [7, 11) is 3.46. The molecule has 0 spiro atoms. The van der Waals surface area contributed by atoms with Gasteiger partial charge in [-0.15, -0.1) is 0 Å². The van der Waals surface area contributed by atoms with E-state index in [2.05, 4.69) is 19.1 Å². The second kappa shape index (κ2) is 6.59. The molecule has 1 aromatic carbocycles. The van der Waals surface area contributed by atoms with Gasteiger partial charge in [0.25, 0.3) is 5.56 Å². The maximum absolute atomic E-state index is 12.7. The van der Waals surface area contributed by atoms with Crippen molar-refractivity contribution in [1.29, 1.82) is 0 Å². The molecule has 5 nitrogen and oxygen atoms in total. The Hall–Kier alpha value is -2.82. The van der Waals surface area contributed by atoms with Gasteiger partial charge < -0.3 is 13.9 Å². The van der Waals surface area contributed by atoms with E-state index in [1.54, 1.807) is 36.2 Å². The largest absolute Gasteiger partial charge is 0.461 e. The number of rotatable bonds is 4. The molecule has 0 unspecified atom stereocenters. The number of fused-ring (bicyclic) bond motifs is 1. The Bertz CT molecular complexity index is 1010. The first-order valence-corrected chi connectivity index (χ1v) is 8.44. The molecule has 0 N–H and O–H groups in total. The van der Waals surface area contributed by atoms with Crippen LogP contribution in [-0.4, -0.2) is 21.7 Å². The number of hydrogen-bond donors (Lipinski definition) is 0. The standard InChI is InChI=1S/C20H22N2O3/c1-5-13-9-7-8-10-14(13)16-12-21(3)19(23)18-15(16)11-17(22(18)4)20(24)25-6-2/h7-12H,5-6H2,1-4H3. The number of pyridine rings is 1. The van der Waals surface area contributed by atoms with Crippen LogP contribution < -0.4 is 5.56 Å². The van der Waals surface area contributed by atoms with Crippen LogP contribution in [0.25, 0.3) is 22.0 Å². The fourth-order valence-electron chi connectivity index (χ4n) is 3.26. The Morgan fingerprint density at radius 1 is 1.12 bits per heavy atom. The number of aromatic nitrogens is 2. The van der Waals surface area contributed by atoms with E-state index in [0.717, 1.165) is 22.9 Å². The van der Waals surface area contributed by atoms with E-state index in [0.29, 0.717) is 17.8 Å². The number of esters is 1. The summed E-state index contributed by atoms with van der Waals surface area (Å²) in [4.78, 5) is 24.9. The van der Waals surface area contributed by atoms with Gasteiger partial charge in [-0.3, -0.25) is 4.79 Å². The maximum atomic E-state index is 12.7. The summed E-state index contributed by atoms with van der Waals surface area (Å²) in [5.41, 5.74) is 3.98. The van der Waals surface area contributed by atoms with E-state index in [1.807, 2.05) is 18.3 Å². The van der Waals surface area contributed by atoms with Gasteiger partial charge in [-0.2, -0.15) is 0 Å². The lowest BCUT2D eigenvalue weighted by molar-refractivity contribution is 0.0516. The highest BCUT2D eigenvalue weighted by molar-refractivity contribution is 6.01. The minimum Gasteiger partial charge on any atom is -0.461 e. The van der Waals surface area contributed by atoms with Crippen molar-refractivity contribution in [1.82, 2.24) is 9.13 Å². The molecule has 3 rings (SSSR count). The fraction of sp³-hybridized carbons (Fsp3) is 0.300. The predicted molar refractivity (Wildman–Crippen MR) is 98.9 cm³/mol. The molecule has 0 aliphatic carbocycles. The van der Waals surface area contributed by atoms with Gasteiger partial charge >= 0.3 is 5.97 Å². The van der Waals surface area contributed by atoms with Gasteiger partial charge in [0.05, 0.1) is 6.61 Å². The van der Waals surface area contributed by atoms with Crippen molar-refractivity contribution in [2.24, 2.45) is 14.1 Å². The first-order valence-electron chi connectivity index (χ1n) is 8.44. The Balaban J connectivity index is 2.38. The Morgan fingerprint density at radius 2 is 1.84 bits per heavy atom. The van der Waals surface area contributed by atoms with Crippen LogP contribution in [0.4, 0.5) is 0 Å². The van der Waals surface area contributed by atoms with Crippen molar-refractivity contribution >= 4 is 16.9 Å². The van der Waals surface area contributed by atoms with Crippen molar-refractivity contribution in [3.05, 3.63) is 58.1 Å². The number of benzene rings is 1. The van der Waals surface area contributed by atoms with E-state index in [1.165, 1.54) is 5.56 Å². The summed E-state index contributed by atoms with van der Waals surface area (Å²) >= 11 is 0. The molecule has 0 saturated carbocycles. The van der Waals surface area contributed by atoms with Gasteiger partial charge in [0.1, 0.15) is 11.2 Å². The minimum atomic E-state index is -0.419. The number of nitrogens with zero attached hydrogens (tertiary/aromatic N) is 2. The summed E-state index contributed by atoms with van der Waals surface area (Å²) in [6.45, 7) is 4.17. The molecule has 2 aromatic heterocycles. The van der Waals surface area contributed by atoms with Gasteiger partial charge in [-0.1, -0.05) is 31.2 Å². The second-order valence-corrected chi connectivity index (χ2v) is 6.04.